The number of hydrogen-bond donors (Lipinski definition) is 2. The Balaban J connectivity index is 1.62. The summed E-state index contributed by atoms with van der Waals surface area (Å²) >= 11 is 0. The second-order valence-corrected chi connectivity index (χ2v) is 7.42. The molecule has 2 N–H and O–H groups in total. The molecule has 7 nitrogen and oxygen atoms in total. The van der Waals surface area contributed by atoms with Crippen molar-refractivity contribution in [2.45, 2.75) is 45.3 Å². The SMILES string of the molecule is CC(C)N1C[C@@H](C(=O)Nc2ccccc2C(=O)NC[C@H]2CCCO2)CC1=O. The molecule has 3 rings (SSSR count). The van der Waals surface area contributed by atoms with Crippen molar-refractivity contribution in [2.75, 3.05) is 25.0 Å². The van der Waals surface area contributed by atoms with Crippen LogP contribution < -0.4 is 10.6 Å². The molecule has 2 fully saturated rings. The van der Waals surface area contributed by atoms with Gasteiger partial charge in [0.1, 0.15) is 0 Å². The van der Waals surface area contributed by atoms with Gasteiger partial charge in [-0.3, -0.25) is 14.4 Å². The third kappa shape index (κ3) is 4.66. The monoisotopic (exact) mass is 373 g/mol. The van der Waals surface area contributed by atoms with E-state index in [1.165, 1.54) is 0 Å². The Morgan fingerprint density at radius 1 is 1.30 bits per heavy atom. The molecule has 0 aromatic heterocycles. The lowest BCUT2D eigenvalue weighted by Crippen LogP contribution is -2.34. The molecule has 2 saturated heterocycles. The molecule has 0 bridgehead atoms. The van der Waals surface area contributed by atoms with Crippen molar-refractivity contribution >= 4 is 23.4 Å². The van der Waals surface area contributed by atoms with Gasteiger partial charge in [-0.25, -0.2) is 0 Å². The molecule has 3 amide bonds. The number of rotatable bonds is 6. The van der Waals surface area contributed by atoms with E-state index in [2.05, 4.69) is 10.6 Å². The highest BCUT2D eigenvalue weighted by Crippen LogP contribution is 2.23. The van der Waals surface area contributed by atoms with Crippen LogP contribution in [0.4, 0.5) is 5.69 Å². The number of hydrogen-bond acceptors (Lipinski definition) is 4. The van der Waals surface area contributed by atoms with Gasteiger partial charge < -0.3 is 20.3 Å². The van der Waals surface area contributed by atoms with Gasteiger partial charge >= 0.3 is 0 Å². The zero-order valence-electron chi connectivity index (χ0n) is 15.9. The van der Waals surface area contributed by atoms with Gasteiger partial charge in [0.25, 0.3) is 5.91 Å². The van der Waals surface area contributed by atoms with Crippen LogP contribution in [0, 0.1) is 5.92 Å². The van der Waals surface area contributed by atoms with Crippen molar-refractivity contribution in [3.8, 4) is 0 Å². The molecule has 2 aliphatic heterocycles. The van der Waals surface area contributed by atoms with E-state index < -0.39 is 5.92 Å². The van der Waals surface area contributed by atoms with Crippen molar-refractivity contribution in [3.63, 3.8) is 0 Å². The zero-order chi connectivity index (χ0) is 19.4. The van der Waals surface area contributed by atoms with E-state index in [9.17, 15) is 14.4 Å². The zero-order valence-corrected chi connectivity index (χ0v) is 15.9. The van der Waals surface area contributed by atoms with E-state index in [1.807, 2.05) is 13.8 Å². The quantitative estimate of drug-likeness (QED) is 0.796. The fourth-order valence-electron chi connectivity index (χ4n) is 3.54. The fraction of sp³-hybridized carbons (Fsp3) is 0.550. The number of carbonyl (C=O) groups excluding carboxylic acids is 3. The molecule has 0 saturated carbocycles. The van der Waals surface area contributed by atoms with Gasteiger partial charge in [0.15, 0.2) is 0 Å². The van der Waals surface area contributed by atoms with Crippen LogP contribution >= 0.6 is 0 Å². The lowest BCUT2D eigenvalue weighted by atomic mass is 10.1. The Morgan fingerprint density at radius 3 is 2.74 bits per heavy atom. The largest absolute Gasteiger partial charge is 0.376 e. The Bertz CT molecular complexity index is 713. The Morgan fingerprint density at radius 2 is 2.07 bits per heavy atom. The number of nitrogens with zero attached hydrogens (tertiary/aromatic N) is 1. The van der Waals surface area contributed by atoms with Gasteiger partial charge in [-0.05, 0) is 38.8 Å². The summed E-state index contributed by atoms with van der Waals surface area (Å²) < 4.78 is 5.52. The van der Waals surface area contributed by atoms with Gasteiger partial charge in [0.05, 0.1) is 23.3 Å². The Kier molecular flexibility index (Phi) is 6.11. The first-order valence-corrected chi connectivity index (χ1v) is 9.55. The number of anilines is 1. The summed E-state index contributed by atoms with van der Waals surface area (Å²) in [5, 5.41) is 5.71. The van der Waals surface area contributed by atoms with Gasteiger partial charge in [0.2, 0.25) is 11.8 Å². The summed E-state index contributed by atoms with van der Waals surface area (Å²) in [6.07, 6.45) is 2.22. The predicted molar refractivity (Wildman–Crippen MR) is 101 cm³/mol. The maximum Gasteiger partial charge on any atom is 0.253 e. The van der Waals surface area contributed by atoms with Gasteiger partial charge in [-0.1, -0.05) is 12.1 Å². The van der Waals surface area contributed by atoms with Crippen LogP contribution in [-0.4, -0.2) is 54.5 Å². The summed E-state index contributed by atoms with van der Waals surface area (Å²) in [6, 6.07) is 6.99. The van der Waals surface area contributed by atoms with Crippen molar-refractivity contribution in [2.24, 2.45) is 5.92 Å². The summed E-state index contributed by atoms with van der Waals surface area (Å²) in [7, 11) is 0. The molecule has 0 unspecified atom stereocenters. The van der Waals surface area contributed by atoms with E-state index in [0.717, 1.165) is 19.4 Å². The summed E-state index contributed by atoms with van der Waals surface area (Å²) in [4.78, 5) is 38.9. The molecule has 0 spiro atoms. The number of nitrogens with one attached hydrogen (secondary N) is 2. The second kappa shape index (κ2) is 8.52. The van der Waals surface area contributed by atoms with Crippen LogP contribution in [-0.2, 0) is 14.3 Å². The lowest BCUT2D eigenvalue weighted by molar-refractivity contribution is -0.129. The number of ether oxygens (including phenoxy) is 1. The summed E-state index contributed by atoms with van der Waals surface area (Å²) in [5.74, 6) is -0.880. The van der Waals surface area contributed by atoms with E-state index in [0.29, 0.717) is 24.3 Å². The van der Waals surface area contributed by atoms with Crippen LogP contribution in [0.3, 0.4) is 0 Å². The molecular formula is C20H27N3O4. The van der Waals surface area contributed by atoms with Gasteiger partial charge in [-0.2, -0.15) is 0 Å². The van der Waals surface area contributed by atoms with E-state index >= 15 is 0 Å². The molecule has 2 heterocycles. The highest BCUT2D eigenvalue weighted by Gasteiger charge is 2.35. The summed E-state index contributed by atoms with van der Waals surface area (Å²) in [6.45, 7) is 5.48. The van der Waals surface area contributed by atoms with E-state index in [1.54, 1.807) is 29.2 Å². The first-order valence-electron chi connectivity index (χ1n) is 9.55. The minimum Gasteiger partial charge on any atom is -0.376 e. The predicted octanol–water partition coefficient (Wildman–Crippen LogP) is 1.79. The maximum absolute atomic E-state index is 12.6. The lowest BCUT2D eigenvalue weighted by Gasteiger charge is -2.21. The molecule has 0 radical (unpaired) electrons. The fourth-order valence-corrected chi connectivity index (χ4v) is 3.54. The number of likely N-dealkylation sites (tertiary alicyclic amines) is 1. The molecule has 2 aliphatic rings. The smallest absolute Gasteiger partial charge is 0.253 e. The topological polar surface area (TPSA) is 87.7 Å². The molecule has 1 aromatic carbocycles. The average Bonchev–Trinajstić information content (AvgIpc) is 3.29. The molecule has 2 atom stereocenters. The standard InChI is InChI=1S/C20H27N3O4/c1-13(2)23-12-14(10-18(23)24)19(25)22-17-8-4-3-7-16(17)20(26)21-11-15-6-5-9-27-15/h3-4,7-8,13-15H,5-6,9-12H2,1-2H3,(H,21,26)(H,22,25)/t14-,15+/m0/s1. The number of benzene rings is 1. The number of para-hydroxylation sites is 1. The molecule has 1 aromatic rings. The second-order valence-electron chi connectivity index (χ2n) is 7.42. The maximum atomic E-state index is 12.6. The third-order valence-corrected chi connectivity index (χ3v) is 5.10. The van der Waals surface area contributed by atoms with Gasteiger partial charge in [-0.15, -0.1) is 0 Å². The third-order valence-electron chi connectivity index (χ3n) is 5.10. The first kappa shape index (κ1) is 19.4. The van der Waals surface area contributed by atoms with Crippen LogP contribution in [0.1, 0.15) is 43.5 Å². The van der Waals surface area contributed by atoms with Crippen molar-refractivity contribution in [1.29, 1.82) is 0 Å². The molecule has 146 valence electrons. The highest BCUT2D eigenvalue weighted by molar-refractivity contribution is 6.05. The van der Waals surface area contributed by atoms with E-state index in [-0.39, 0.29) is 36.3 Å². The Labute approximate surface area is 159 Å². The van der Waals surface area contributed by atoms with E-state index in [4.69, 9.17) is 4.74 Å². The number of carbonyl (C=O) groups is 3. The minimum absolute atomic E-state index is 0.00672. The normalized spacial score (nSPS) is 22.3. The first-order chi connectivity index (χ1) is 13.0. The molecule has 0 aliphatic carbocycles. The van der Waals surface area contributed by atoms with Crippen molar-refractivity contribution < 1.29 is 19.1 Å². The van der Waals surface area contributed by atoms with Crippen LogP contribution in [0.15, 0.2) is 24.3 Å². The molecule has 7 heteroatoms. The Hall–Kier alpha value is -2.41. The van der Waals surface area contributed by atoms with Crippen molar-refractivity contribution in [3.05, 3.63) is 29.8 Å². The molecular weight excluding hydrogens is 346 g/mol. The van der Waals surface area contributed by atoms with Gasteiger partial charge in [0, 0.05) is 32.2 Å². The summed E-state index contributed by atoms with van der Waals surface area (Å²) in [5.41, 5.74) is 0.872. The number of amides is 3. The van der Waals surface area contributed by atoms with Crippen LogP contribution in [0.5, 0.6) is 0 Å². The molecule has 27 heavy (non-hydrogen) atoms. The highest BCUT2D eigenvalue weighted by atomic mass is 16.5. The minimum atomic E-state index is -0.400. The van der Waals surface area contributed by atoms with Crippen molar-refractivity contribution in [1.82, 2.24) is 10.2 Å². The average molecular weight is 373 g/mol. The van der Waals surface area contributed by atoms with Crippen LogP contribution in [0.2, 0.25) is 0 Å². The van der Waals surface area contributed by atoms with Crippen LogP contribution in [0.25, 0.3) is 0 Å².